The van der Waals surface area contributed by atoms with Gasteiger partial charge in [-0.1, -0.05) is 26.0 Å². The van der Waals surface area contributed by atoms with Gasteiger partial charge in [0.15, 0.2) is 5.76 Å². The Bertz CT molecular complexity index is 733. The molecule has 2 rings (SSSR count). The molecule has 4 nitrogen and oxygen atoms in total. The molecule has 0 fully saturated rings. The van der Waals surface area contributed by atoms with Crippen LogP contribution in [0.15, 0.2) is 23.8 Å². The van der Waals surface area contributed by atoms with Crippen LogP contribution in [0.25, 0.3) is 5.76 Å². The molecule has 1 aromatic rings. The average Bonchev–Trinajstić information content (AvgIpc) is 2.44. The van der Waals surface area contributed by atoms with Crippen LogP contribution in [0.1, 0.15) is 25.0 Å². The molecule has 144 valence electrons. The third-order valence-corrected chi connectivity index (χ3v) is 3.46. The second-order valence-corrected chi connectivity index (χ2v) is 6.03. The Morgan fingerprint density at radius 3 is 2.31 bits per heavy atom. The lowest BCUT2D eigenvalue weighted by molar-refractivity contribution is -0.291. The van der Waals surface area contributed by atoms with Gasteiger partial charge in [0.2, 0.25) is 6.10 Å². The fourth-order valence-electron chi connectivity index (χ4n) is 2.61. The van der Waals surface area contributed by atoms with E-state index in [4.69, 9.17) is 9.84 Å². The lowest BCUT2D eigenvalue weighted by Crippen LogP contribution is -2.42. The number of hydrogen-bond donors (Lipinski definition) is 1. The molecule has 1 aliphatic heterocycles. The Morgan fingerprint density at radius 1 is 1.23 bits per heavy atom. The number of rotatable bonds is 4. The molecule has 1 atom stereocenters. The second kappa shape index (κ2) is 6.73. The predicted molar refractivity (Wildman–Crippen MR) is 77.2 cm³/mol. The van der Waals surface area contributed by atoms with Crippen LogP contribution >= 0.6 is 0 Å². The van der Waals surface area contributed by atoms with Gasteiger partial charge in [0.05, 0.1) is 5.56 Å². The van der Waals surface area contributed by atoms with E-state index in [1.165, 1.54) is 12.1 Å². The molecule has 0 aromatic heterocycles. The van der Waals surface area contributed by atoms with Gasteiger partial charge in [-0.05, 0) is 24.0 Å². The van der Waals surface area contributed by atoms with E-state index >= 15 is 0 Å². The molecule has 0 aliphatic carbocycles. The van der Waals surface area contributed by atoms with Gasteiger partial charge in [0.1, 0.15) is 11.3 Å². The van der Waals surface area contributed by atoms with Crippen LogP contribution in [-0.4, -0.2) is 29.7 Å². The molecule has 26 heavy (non-hydrogen) atoms. The lowest BCUT2D eigenvalue weighted by atomic mass is 9.93. The van der Waals surface area contributed by atoms with Gasteiger partial charge >= 0.3 is 18.5 Å². The van der Waals surface area contributed by atoms with Crippen molar-refractivity contribution < 1.29 is 45.7 Å². The molecular weight excluding hydrogens is 370 g/mol. The summed E-state index contributed by atoms with van der Waals surface area (Å²) in [7, 11) is 0. The van der Waals surface area contributed by atoms with Crippen molar-refractivity contribution >= 4 is 11.7 Å². The SMILES string of the molecule is CC(C)Cc1cccc2c1OC(C(F)(F)F)C(C(=O)O)=C2OC(F)(F)F. The summed E-state index contributed by atoms with van der Waals surface area (Å²) in [6, 6.07) is 3.73. The Balaban J connectivity index is 2.76. The maximum Gasteiger partial charge on any atom is 0.573 e. The van der Waals surface area contributed by atoms with Gasteiger partial charge in [-0.3, -0.25) is 0 Å². The number of carbonyl (C=O) groups is 1. The van der Waals surface area contributed by atoms with E-state index in [9.17, 15) is 31.1 Å². The van der Waals surface area contributed by atoms with Crippen LogP contribution in [-0.2, 0) is 16.0 Å². The van der Waals surface area contributed by atoms with E-state index in [0.29, 0.717) is 0 Å². The van der Waals surface area contributed by atoms with Gasteiger partial charge in [-0.25, -0.2) is 4.79 Å². The van der Waals surface area contributed by atoms with E-state index < -0.39 is 47.3 Å². The first-order valence-corrected chi connectivity index (χ1v) is 7.40. The quantitative estimate of drug-likeness (QED) is 0.775. The highest BCUT2D eigenvalue weighted by Gasteiger charge is 2.53. The minimum atomic E-state index is -5.38. The fourth-order valence-corrected chi connectivity index (χ4v) is 2.61. The first kappa shape index (κ1) is 19.9. The summed E-state index contributed by atoms with van der Waals surface area (Å²) in [5.74, 6) is -4.13. The highest BCUT2D eigenvalue weighted by atomic mass is 19.4. The van der Waals surface area contributed by atoms with Gasteiger partial charge in [0, 0.05) is 0 Å². The molecule has 1 heterocycles. The van der Waals surface area contributed by atoms with E-state index in [0.717, 1.165) is 6.07 Å². The number of hydrogen-bond acceptors (Lipinski definition) is 3. The maximum absolute atomic E-state index is 13.3. The van der Waals surface area contributed by atoms with E-state index in [2.05, 4.69) is 4.74 Å². The number of ether oxygens (including phenoxy) is 2. The summed E-state index contributed by atoms with van der Waals surface area (Å²) in [4.78, 5) is 11.3. The normalized spacial score (nSPS) is 17.8. The minimum Gasteiger partial charge on any atom is -0.478 e. The molecule has 0 spiro atoms. The summed E-state index contributed by atoms with van der Waals surface area (Å²) in [5, 5.41) is 9.09. The smallest absolute Gasteiger partial charge is 0.478 e. The third kappa shape index (κ3) is 4.23. The standard InChI is InChI=1S/C16H14F6O4/c1-7(2)6-8-4-3-5-9-11(8)25-13(15(17,18)19)10(14(23)24)12(9)26-16(20,21)22/h3-5,7,13H,6H2,1-2H3,(H,23,24). The average molecular weight is 384 g/mol. The minimum absolute atomic E-state index is 0.0359. The zero-order chi connectivity index (χ0) is 19.9. The van der Waals surface area contributed by atoms with Crippen LogP contribution < -0.4 is 4.74 Å². The number of para-hydroxylation sites is 1. The Kier molecular flexibility index (Phi) is 5.16. The first-order valence-electron chi connectivity index (χ1n) is 7.40. The number of alkyl halides is 6. The van der Waals surface area contributed by atoms with Crippen LogP contribution in [0.2, 0.25) is 0 Å². The van der Waals surface area contributed by atoms with Crippen molar-refractivity contribution in [2.45, 2.75) is 38.9 Å². The maximum atomic E-state index is 13.3. The topological polar surface area (TPSA) is 55.8 Å². The predicted octanol–water partition coefficient (Wildman–Crippen LogP) is 4.54. The summed E-state index contributed by atoms with van der Waals surface area (Å²) in [6.07, 6.45) is -13.5. The van der Waals surface area contributed by atoms with Crippen LogP contribution in [0.5, 0.6) is 5.75 Å². The molecule has 0 saturated carbocycles. The second-order valence-electron chi connectivity index (χ2n) is 6.03. The Morgan fingerprint density at radius 2 is 1.85 bits per heavy atom. The van der Waals surface area contributed by atoms with Crippen molar-refractivity contribution in [2.75, 3.05) is 0 Å². The summed E-state index contributed by atoms with van der Waals surface area (Å²) in [5.41, 5.74) is -1.91. The Hall–Kier alpha value is -2.39. The monoisotopic (exact) mass is 384 g/mol. The highest BCUT2D eigenvalue weighted by molar-refractivity contribution is 5.98. The number of fused-ring (bicyclic) bond motifs is 1. The van der Waals surface area contributed by atoms with Crippen molar-refractivity contribution in [3.05, 3.63) is 34.9 Å². The van der Waals surface area contributed by atoms with Gasteiger partial charge in [0.25, 0.3) is 0 Å². The molecule has 1 aromatic carbocycles. The van der Waals surface area contributed by atoms with Crippen molar-refractivity contribution in [2.24, 2.45) is 5.92 Å². The first-order chi connectivity index (χ1) is 11.8. The van der Waals surface area contributed by atoms with Crippen molar-refractivity contribution in [1.29, 1.82) is 0 Å². The molecule has 10 heteroatoms. The van der Waals surface area contributed by atoms with Crippen LogP contribution in [0.4, 0.5) is 26.3 Å². The fraction of sp³-hybridized carbons (Fsp3) is 0.438. The van der Waals surface area contributed by atoms with Gasteiger partial charge in [-0.15, -0.1) is 13.2 Å². The zero-order valence-electron chi connectivity index (χ0n) is 13.5. The summed E-state index contributed by atoms with van der Waals surface area (Å²) < 4.78 is 86.6. The number of carboxylic acids is 1. The summed E-state index contributed by atoms with van der Waals surface area (Å²) >= 11 is 0. The number of aliphatic carboxylic acids is 1. The van der Waals surface area contributed by atoms with Crippen molar-refractivity contribution in [3.63, 3.8) is 0 Å². The highest BCUT2D eigenvalue weighted by Crippen LogP contribution is 2.45. The van der Waals surface area contributed by atoms with E-state index in [-0.39, 0.29) is 17.9 Å². The van der Waals surface area contributed by atoms with E-state index in [1.807, 2.05) is 0 Å². The van der Waals surface area contributed by atoms with E-state index in [1.54, 1.807) is 13.8 Å². The number of carboxylic acid groups (broad SMARTS) is 1. The molecule has 1 aliphatic rings. The third-order valence-electron chi connectivity index (χ3n) is 3.46. The number of benzene rings is 1. The van der Waals surface area contributed by atoms with Crippen molar-refractivity contribution in [3.8, 4) is 5.75 Å². The summed E-state index contributed by atoms with van der Waals surface area (Å²) in [6.45, 7) is 3.52. The number of halogens is 6. The largest absolute Gasteiger partial charge is 0.573 e. The van der Waals surface area contributed by atoms with Crippen LogP contribution in [0, 0.1) is 5.92 Å². The molecule has 0 saturated heterocycles. The Labute approximate surface area is 144 Å². The lowest BCUT2D eigenvalue weighted by Gasteiger charge is -2.31. The molecule has 0 amide bonds. The zero-order valence-corrected chi connectivity index (χ0v) is 13.5. The molecular formula is C16H14F6O4. The molecule has 0 radical (unpaired) electrons. The molecule has 1 N–H and O–H groups in total. The molecule has 0 bridgehead atoms. The molecule has 1 unspecified atom stereocenters. The van der Waals surface area contributed by atoms with Crippen LogP contribution in [0.3, 0.4) is 0 Å². The van der Waals surface area contributed by atoms with Crippen molar-refractivity contribution in [1.82, 2.24) is 0 Å². The van der Waals surface area contributed by atoms with Gasteiger partial charge in [-0.2, -0.15) is 13.2 Å². The van der Waals surface area contributed by atoms with Gasteiger partial charge < -0.3 is 14.6 Å².